The van der Waals surface area contributed by atoms with Crippen molar-refractivity contribution in [3.05, 3.63) is 28.8 Å². The molecule has 0 aliphatic heterocycles. The van der Waals surface area contributed by atoms with Gasteiger partial charge < -0.3 is 15.4 Å². The summed E-state index contributed by atoms with van der Waals surface area (Å²) in [5, 5.41) is 0. The van der Waals surface area contributed by atoms with Gasteiger partial charge in [-0.15, -0.1) is 0 Å². The van der Waals surface area contributed by atoms with Gasteiger partial charge in [0.25, 0.3) is 0 Å². The van der Waals surface area contributed by atoms with E-state index in [9.17, 15) is 0 Å². The molecule has 1 aromatic carbocycles. The van der Waals surface area contributed by atoms with Gasteiger partial charge in [-0.25, -0.2) is 0 Å². The van der Waals surface area contributed by atoms with Gasteiger partial charge in [-0.3, -0.25) is 0 Å². The molecule has 96 valence electrons. The second kappa shape index (κ2) is 6.03. The Balaban J connectivity index is 3.07. The number of ether oxygens (including phenoxy) is 1. The average molecular weight is 236 g/mol. The van der Waals surface area contributed by atoms with Crippen LogP contribution in [0.15, 0.2) is 12.1 Å². The molecule has 3 nitrogen and oxygen atoms in total. The van der Waals surface area contributed by atoms with Crippen molar-refractivity contribution >= 4 is 0 Å². The Hall–Kier alpha value is -1.06. The van der Waals surface area contributed by atoms with Gasteiger partial charge in [-0.05, 0) is 50.7 Å². The lowest BCUT2D eigenvalue weighted by Crippen LogP contribution is -2.26. The smallest absolute Gasteiger partial charge is 0.122 e. The van der Waals surface area contributed by atoms with E-state index < -0.39 is 0 Å². The van der Waals surface area contributed by atoms with Gasteiger partial charge in [0.2, 0.25) is 0 Å². The predicted octanol–water partition coefficient (Wildman–Crippen LogP) is 1.92. The highest BCUT2D eigenvalue weighted by Gasteiger charge is 2.15. The Morgan fingerprint density at radius 1 is 1.24 bits per heavy atom. The third kappa shape index (κ3) is 3.45. The molecular weight excluding hydrogens is 212 g/mol. The second-order valence-electron chi connectivity index (χ2n) is 4.87. The van der Waals surface area contributed by atoms with Crippen LogP contribution >= 0.6 is 0 Å². The molecule has 1 rings (SSSR count). The number of methoxy groups -OCH3 is 1. The molecule has 2 N–H and O–H groups in total. The van der Waals surface area contributed by atoms with E-state index in [1.54, 1.807) is 7.11 Å². The minimum Gasteiger partial charge on any atom is -0.496 e. The van der Waals surface area contributed by atoms with Crippen molar-refractivity contribution in [2.75, 3.05) is 34.3 Å². The van der Waals surface area contributed by atoms with Crippen LogP contribution in [0.5, 0.6) is 5.75 Å². The second-order valence-corrected chi connectivity index (χ2v) is 4.87. The van der Waals surface area contributed by atoms with Crippen molar-refractivity contribution in [3.63, 3.8) is 0 Å². The molecular formula is C14H24N2O. The fourth-order valence-corrected chi connectivity index (χ4v) is 2.21. The summed E-state index contributed by atoms with van der Waals surface area (Å²) in [7, 11) is 5.87. The lowest BCUT2D eigenvalue weighted by molar-refractivity contribution is 0.374. The summed E-state index contributed by atoms with van der Waals surface area (Å²) in [5.41, 5.74) is 9.64. The number of nitrogens with zero attached hydrogens (tertiary/aromatic N) is 1. The molecule has 0 saturated heterocycles. The van der Waals surface area contributed by atoms with Crippen LogP contribution in [0.25, 0.3) is 0 Å². The summed E-state index contributed by atoms with van der Waals surface area (Å²) in [5.74, 6) is 1.33. The van der Waals surface area contributed by atoms with Gasteiger partial charge in [-0.2, -0.15) is 0 Å². The molecule has 17 heavy (non-hydrogen) atoms. The zero-order valence-electron chi connectivity index (χ0n) is 11.6. The number of aryl methyl sites for hydroxylation is 2. The van der Waals surface area contributed by atoms with Crippen LogP contribution in [0.3, 0.4) is 0 Å². The number of benzene rings is 1. The van der Waals surface area contributed by atoms with Gasteiger partial charge in [-0.1, -0.05) is 6.07 Å². The first-order valence-electron chi connectivity index (χ1n) is 5.99. The average Bonchev–Trinajstić information content (AvgIpc) is 2.28. The maximum atomic E-state index is 5.88. The largest absolute Gasteiger partial charge is 0.496 e. The molecule has 1 aromatic rings. The number of nitrogens with two attached hydrogens (primary N) is 1. The minimum absolute atomic E-state index is 0.384. The predicted molar refractivity (Wildman–Crippen MR) is 72.8 cm³/mol. The number of hydrogen-bond donors (Lipinski definition) is 1. The highest BCUT2D eigenvalue weighted by molar-refractivity contribution is 5.43. The van der Waals surface area contributed by atoms with Crippen LogP contribution in [-0.2, 0) is 0 Å². The fourth-order valence-electron chi connectivity index (χ4n) is 2.21. The first kappa shape index (κ1) is 14.0. The Morgan fingerprint density at radius 2 is 1.88 bits per heavy atom. The van der Waals surface area contributed by atoms with Gasteiger partial charge in [0, 0.05) is 19.0 Å². The lowest BCUT2D eigenvalue weighted by atomic mass is 9.92. The molecule has 0 radical (unpaired) electrons. The maximum Gasteiger partial charge on any atom is 0.122 e. The Morgan fingerprint density at radius 3 is 2.35 bits per heavy atom. The lowest BCUT2D eigenvalue weighted by Gasteiger charge is -2.22. The molecule has 0 aliphatic rings. The maximum absolute atomic E-state index is 5.88. The first-order chi connectivity index (χ1) is 7.99. The topological polar surface area (TPSA) is 38.5 Å². The first-order valence-corrected chi connectivity index (χ1v) is 5.99. The number of hydrogen-bond acceptors (Lipinski definition) is 3. The molecule has 1 atom stereocenters. The Labute approximate surface area is 105 Å². The van der Waals surface area contributed by atoms with E-state index in [0.29, 0.717) is 12.5 Å². The van der Waals surface area contributed by atoms with Crippen LogP contribution in [0.2, 0.25) is 0 Å². The number of likely N-dealkylation sites (N-methyl/N-ethyl adjacent to an activating group) is 1. The van der Waals surface area contributed by atoms with Gasteiger partial charge >= 0.3 is 0 Å². The summed E-state index contributed by atoms with van der Waals surface area (Å²) in [6, 6.07) is 4.30. The van der Waals surface area contributed by atoms with E-state index in [4.69, 9.17) is 10.5 Å². The molecule has 0 aliphatic carbocycles. The molecule has 3 heteroatoms. The van der Waals surface area contributed by atoms with Gasteiger partial charge in [0.05, 0.1) is 7.11 Å². The van der Waals surface area contributed by atoms with Crippen LogP contribution in [0.1, 0.15) is 22.6 Å². The summed E-state index contributed by atoms with van der Waals surface area (Å²) >= 11 is 0. The molecule has 0 amide bonds. The highest BCUT2D eigenvalue weighted by atomic mass is 16.5. The number of rotatable bonds is 5. The van der Waals surface area contributed by atoms with E-state index in [1.165, 1.54) is 16.7 Å². The molecule has 0 fully saturated rings. The summed E-state index contributed by atoms with van der Waals surface area (Å²) in [6.45, 7) is 5.84. The minimum atomic E-state index is 0.384. The SMILES string of the molecule is COc1cc(C)c(C(CN)CN(C)C)cc1C. The van der Waals surface area contributed by atoms with Crippen molar-refractivity contribution in [2.45, 2.75) is 19.8 Å². The van der Waals surface area contributed by atoms with E-state index in [0.717, 1.165) is 12.3 Å². The monoisotopic (exact) mass is 236 g/mol. The van der Waals surface area contributed by atoms with Crippen LogP contribution in [0.4, 0.5) is 0 Å². The normalized spacial score (nSPS) is 12.9. The quantitative estimate of drug-likeness (QED) is 0.849. The van der Waals surface area contributed by atoms with Crippen molar-refractivity contribution in [1.29, 1.82) is 0 Å². The standard InChI is InChI=1S/C14H24N2O/c1-10-7-14(17-5)11(2)6-13(10)12(8-15)9-16(3)4/h6-7,12H,8-9,15H2,1-5H3. The van der Waals surface area contributed by atoms with Crippen LogP contribution < -0.4 is 10.5 Å². The van der Waals surface area contributed by atoms with Gasteiger partial charge in [0.15, 0.2) is 0 Å². The molecule has 1 unspecified atom stereocenters. The summed E-state index contributed by atoms with van der Waals surface area (Å²) < 4.78 is 5.33. The molecule has 0 spiro atoms. The summed E-state index contributed by atoms with van der Waals surface area (Å²) in [6.07, 6.45) is 0. The van der Waals surface area contributed by atoms with E-state index >= 15 is 0 Å². The summed E-state index contributed by atoms with van der Waals surface area (Å²) in [4.78, 5) is 2.18. The Bertz CT molecular complexity index is 375. The highest BCUT2D eigenvalue weighted by Crippen LogP contribution is 2.27. The van der Waals surface area contributed by atoms with Crippen molar-refractivity contribution in [1.82, 2.24) is 4.90 Å². The molecule has 0 heterocycles. The van der Waals surface area contributed by atoms with Crippen molar-refractivity contribution in [2.24, 2.45) is 5.73 Å². The molecule has 0 saturated carbocycles. The molecule has 0 bridgehead atoms. The third-order valence-electron chi connectivity index (χ3n) is 3.09. The van der Waals surface area contributed by atoms with Crippen molar-refractivity contribution < 1.29 is 4.74 Å². The van der Waals surface area contributed by atoms with E-state index in [2.05, 4.69) is 45.0 Å². The molecule has 0 aromatic heterocycles. The Kier molecular flexibility index (Phi) is 4.97. The van der Waals surface area contributed by atoms with Crippen LogP contribution in [0, 0.1) is 13.8 Å². The van der Waals surface area contributed by atoms with Gasteiger partial charge in [0.1, 0.15) is 5.75 Å². The van der Waals surface area contributed by atoms with Crippen molar-refractivity contribution in [3.8, 4) is 5.75 Å². The van der Waals surface area contributed by atoms with Crippen LogP contribution in [-0.4, -0.2) is 39.2 Å². The fraction of sp³-hybridized carbons (Fsp3) is 0.571. The third-order valence-corrected chi connectivity index (χ3v) is 3.09. The van der Waals surface area contributed by atoms with E-state index in [1.807, 2.05) is 0 Å². The van der Waals surface area contributed by atoms with E-state index in [-0.39, 0.29) is 0 Å². The zero-order valence-corrected chi connectivity index (χ0v) is 11.6. The zero-order chi connectivity index (χ0) is 13.0.